The van der Waals surface area contributed by atoms with Crippen molar-refractivity contribution in [1.82, 2.24) is 0 Å². The third-order valence-corrected chi connectivity index (χ3v) is 3.41. The van der Waals surface area contributed by atoms with Crippen LogP contribution < -0.4 is 0 Å². The number of carbonyl (C=O) groups is 1. The number of rotatable bonds is 2. The third kappa shape index (κ3) is 2.41. The first-order valence-corrected chi connectivity index (χ1v) is 5.58. The fourth-order valence-corrected chi connectivity index (χ4v) is 2.61. The van der Waals surface area contributed by atoms with Crippen LogP contribution >= 0.6 is 0 Å². The number of oxime groups is 1. The van der Waals surface area contributed by atoms with Crippen molar-refractivity contribution in [3.8, 4) is 0 Å². The summed E-state index contributed by atoms with van der Waals surface area (Å²) in [6.45, 7) is 4.05. The zero-order valence-electron chi connectivity index (χ0n) is 10.2. The summed E-state index contributed by atoms with van der Waals surface area (Å²) < 4.78 is 4.79. The molecule has 0 saturated heterocycles. The molecular weight excluding hydrogens is 392 g/mol. The van der Waals surface area contributed by atoms with Crippen LogP contribution in [-0.2, 0) is 35.4 Å². The van der Waals surface area contributed by atoms with Gasteiger partial charge in [0.2, 0.25) is 0 Å². The minimum atomic E-state index is -0.380. The zero-order chi connectivity index (χ0) is 11.9. The predicted octanol–water partition coefficient (Wildman–Crippen LogP) is 1.62. The zero-order valence-corrected chi connectivity index (χ0v) is 13.1. The van der Waals surface area contributed by atoms with E-state index in [9.17, 15) is 4.79 Å². The predicted molar refractivity (Wildman–Crippen MR) is 58.9 cm³/mol. The average Bonchev–Trinajstić information content (AvgIpc) is 2.79. The summed E-state index contributed by atoms with van der Waals surface area (Å²) in [5, 5.41) is 4.03. The second-order valence-electron chi connectivity index (χ2n) is 4.74. The van der Waals surface area contributed by atoms with E-state index in [-0.39, 0.29) is 56.9 Å². The van der Waals surface area contributed by atoms with Gasteiger partial charge >= 0.3 is 5.97 Å². The number of carbonyl (C=O) groups excluding carboxylic acids is 1. The Morgan fingerprint density at radius 2 is 2.24 bits per heavy atom. The van der Waals surface area contributed by atoms with Crippen molar-refractivity contribution >= 4 is 11.7 Å². The van der Waals surface area contributed by atoms with Crippen LogP contribution in [0.2, 0.25) is 0 Å². The fraction of sp³-hybridized carbons (Fsp3) is 0.818. The Hall–Kier alpha value is -0.412. The number of hydrogen-bond donors (Lipinski definition) is 0. The van der Waals surface area contributed by atoms with Crippen LogP contribution in [0.5, 0.6) is 0 Å². The van der Waals surface area contributed by atoms with Crippen LogP contribution in [0.3, 0.4) is 0 Å². The summed E-state index contributed by atoms with van der Waals surface area (Å²) in [4.78, 5) is 16.9. The van der Waals surface area contributed by atoms with E-state index in [0.29, 0.717) is 6.42 Å². The van der Waals surface area contributed by atoms with Gasteiger partial charge in [-0.1, -0.05) is 31.5 Å². The molecule has 0 spiro atoms. The topological polar surface area (TPSA) is 71.7 Å². The molecule has 1 aliphatic carbocycles. The molecule has 0 amide bonds. The first-order valence-electron chi connectivity index (χ1n) is 5.58. The number of ether oxygens (including phenoxy) is 1. The number of esters is 1. The number of methoxy groups -OCH3 is 1. The molecule has 17 heavy (non-hydrogen) atoms. The average molecular weight is 409 g/mol. The van der Waals surface area contributed by atoms with Crippen LogP contribution in [0.15, 0.2) is 5.16 Å². The molecule has 1 N–H and O–H groups in total. The van der Waals surface area contributed by atoms with E-state index in [2.05, 4.69) is 5.16 Å². The molecule has 1 saturated carbocycles. The molecule has 4 unspecified atom stereocenters. The maximum Gasteiger partial charge on any atom is 0.309 e. The van der Waals surface area contributed by atoms with Crippen molar-refractivity contribution in [3.63, 3.8) is 0 Å². The first kappa shape index (κ1) is 14.6. The minimum absolute atomic E-state index is 0. The van der Waals surface area contributed by atoms with Crippen LogP contribution in [0, 0.1) is 17.8 Å². The Bertz CT molecular complexity index is 333. The number of nitrogens with one attached hydrogen (secondary N) is 1. The molecule has 0 aromatic rings. The fourth-order valence-electron chi connectivity index (χ4n) is 2.61. The van der Waals surface area contributed by atoms with Gasteiger partial charge in [-0.25, -0.2) is 0 Å². The molecule has 1 fully saturated rings. The van der Waals surface area contributed by atoms with E-state index in [0.717, 1.165) is 5.71 Å². The quantitative estimate of drug-likeness (QED) is 0.651. The number of fused-ring (bicyclic) bond motifs is 1. The van der Waals surface area contributed by atoms with Crippen molar-refractivity contribution in [1.29, 1.82) is 0 Å². The van der Waals surface area contributed by atoms with E-state index in [4.69, 9.17) is 15.3 Å². The summed E-state index contributed by atoms with van der Waals surface area (Å²) in [5.41, 5.74) is 8.78. The Kier molecular flexibility index (Phi) is 4.73. The van der Waals surface area contributed by atoms with Gasteiger partial charge < -0.3 is 15.3 Å². The molecule has 96 valence electrons. The molecule has 4 atom stereocenters. The first-order chi connectivity index (χ1) is 7.56. The molecule has 2 rings (SSSR count). The molecular formula is C11H17N2O3W-. The Labute approximate surface area is 115 Å². The SMILES string of the molecule is COC(=O)C1CC([NH-])C2ON=C(C(C)C)C12.[W]. The molecule has 0 bridgehead atoms. The summed E-state index contributed by atoms with van der Waals surface area (Å²) >= 11 is 0. The molecule has 1 heterocycles. The van der Waals surface area contributed by atoms with Crippen molar-refractivity contribution in [2.45, 2.75) is 32.4 Å². The Morgan fingerprint density at radius 1 is 1.59 bits per heavy atom. The Morgan fingerprint density at radius 3 is 2.76 bits per heavy atom. The number of nitrogens with zero attached hydrogens (tertiary/aromatic N) is 1. The van der Waals surface area contributed by atoms with Crippen molar-refractivity contribution in [2.24, 2.45) is 22.9 Å². The minimum Gasteiger partial charge on any atom is -0.672 e. The standard InChI is InChI=1S/C11H17N2O3.W/c1-5(2)9-8-6(11(14)15-3)4-7(12)10(8)16-13-9;/h5-8,10,12H,4H2,1-3H3;/q-1;. The molecule has 2 aliphatic rings. The van der Waals surface area contributed by atoms with Gasteiger partial charge in [0.1, 0.15) is 6.10 Å². The number of hydrogen-bond acceptors (Lipinski definition) is 4. The largest absolute Gasteiger partial charge is 0.672 e. The van der Waals surface area contributed by atoms with Crippen LogP contribution in [-0.4, -0.2) is 30.9 Å². The van der Waals surface area contributed by atoms with Gasteiger partial charge in [0.05, 0.1) is 24.7 Å². The Balaban J connectivity index is 0.00000144. The summed E-state index contributed by atoms with van der Waals surface area (Å²) in [6, 6.07) is -0.380. The summed E-state index contributed by atoms with van der Waals surface area (Å²) in [6.07, 6.45) is 0.245. The van der Waals surface area contributed by atoms with Gasteiger partial charge in [0, 0.05) is 21.1 Å². The smallest absolute Gasteiger partial charge is 0.309 e. The summed E-state index contributed by atoms with van der Waals surface area (Å²) in [7, 11) is 1.39. The molecule has 0 aromatic heterocycles. The van der Waals surface area contributed by atoms with Crippen molar-refractivity contribution in [2.75, 3.05) is 7.11 Å². The molecule has 1 aliphatic heterocycles. The van der Waals surface area contributed by atoms with Gasteiger partial charge in [-0.3, -0.25) is 4.79 Å². The van der Waals surface area contributed by atoms with Crippen molar-refractivity contribution < 1.29 is 35.4 Å². The van der Waals surface area contributed by atoms with Crippen LogP contribution in [0.4, 0.5) is 0 Å². The second-order valence-corrected chi connectivity index (χ2v) is 4.74. The molecule has 0 aromatic carbocycles. The van der Waals surface area contributed by atoms with Gasteiger partial charge in [0.25, 0.3) is 0 Å². The maximum absolute atomic E-state index is 11.7. The van der Waals surface area contributed by atoms with E-state index >= 15 is 0 Å². The van der Waals surface area contributed by atoms with E-state index in [1.54, 1.807) is 0 Å². The second kappa shape index (κ2) is 5.49. The van der Waals surface area contributed by atoms with Gasteiger partial charge in [-0.05, 0) is 5.92 Å². The molecule has 5 nitrogen and oxygen atoms in total. The van der Waals surface area contributed by atoms with Gasteiger partial charge in [0.15, 0.2) is 0 Å². The van der Waals surface area contributed by atoms with Crippen LogP contribution in [0.1, 0.15) is 20.3 Å². The normalized spacial score (nSPS) is 34.8. The molecule has 6 heteroatoms. The van der Waals surface area contributed by atoms with E-state index in [1.807, 2.05) is 13.8 Å². The molecule has 0 radical (unpaired) electrons. The van der Waals surface area contributed by atoms with Gasteiger partial charge in [-0.15, -0.1) is 0 Å². The van der Waals surface area contributed by atoms with Crippen LogP contribution in [0.25, 0.3) is 5.73 Å². The third-order valence-electron chi connectivity index (χ3n) is 3.41. The van der Waals surface area contributed by atoms with Crippen molar-refractivity contribution in [3.05, 3.63) is 5.73 Å². The van der Waals surface area contributed by atoms with E-state index in [1.165, 1.54) is 7.11 Å². The van der Waals surface area contributed by atoms with Gasteiger partial charge in [-0.2, -0.15) is 0 Å². The summed E-state index contributed by atoms with van der Waals surface area (Å²) in [5.74, 6) is -0.327. The van der Waals surface area contributed by atoms with E-state index < -0.39 is 0 Å². The maximum atomic E-state index is 11.7. The monoisotopic (exact) mass is 409 g/mol.